The number of benzene rings is 2. The molecule has 6 saturated carbocycles. The van der Waals surface area contributed by atoms with Crippen molar-refractivity contribution in [2.75, 3.05) is 0 Å². The van der Waals surface area contributed by atoms with E-state index in [1.807, 2.05) is 0 Å². The van der Waals surface area contributed by atoms with Crippen LogP contribution in [0.2, 0.25) is 36.3 Å². The third kappa shape index (κ3) is 15.6. The Morgan fingerprint density at radius 2 is 0.832 bits per heavy atom. The maximum absolute atomic E-state index is 14.1. The van der Waals surface area contributed by atoms with Gasteiger partial charge in [0.25, 0.3) is 20.0 Å². The first-order chi connectivity index (χ1) is 43.6. The van der Waals surface area contributed by atoms with E-state index < -0.39 is 35.7 Å². The van der Waals surface area contributed by atoms with Crippen molar-refractivity contribution in [1.82, 2.24) is 9.66 Å². The molecule has 10 nitrogen and oxygen atoms in total. The number of aliphatic hydroxyl groups excluding tert-OH is 1. The van der Waals surface area contributed by atoms with Crippen LogP contribution in [0.15, 0.2) is 67.6 Å². The zero-order valence-electron chi connectivity index (χ0n) is 64.4. The molecule has 6 unspecified atom stereocenters. The summed E-state index contributed by atoms with van der Waals surface area (Å²) in [5.41, 5.74) is 11.5. The molecule has 6 fully saturated rings. The van der Waals surface area contributed by atoms with Gasteiger partial charge in [-0.05, 0) is 241 Å². The maximum Gasteiger partial charge on any atom is 0.277 e. The van der Waals surface area contributed by atoms with Crippen LogP contribution in [-0.4, -0.2) is 61.3 Å². The molecule has 95 heavy (non-hydrogen) atoms. The van der Waals surface area contributed by atoms with Gasteiger partial charge in [-0.15, -0.1) is 0 Å². The molecule has 536 valence electrons. The van der Waals surface area contributed by atoms with Crippen LogP contribution in [-0.2, 0) is 24.5 Å². The number of hydrogen-bond acceptors (Lipinski definition) is 8. The van der Waals surface area contributed by atoms with E-state index in [1.165, 1.54) is 29.5 Å². The standard InChI is InChI=1S/C40H66N2O3SSi.C34H52N2O3S.C6H15ClSi/c1-25(2)28-22-32(26(3)4)37(33(23-28)27(5)6)46(43,44)42-41-36-17-16-34-31-15-14-29-24-30(45-47(12,13)38(7,8)9)18-20-39(29,10)35(31)19-21-40(34,36)11;1-20(2)23-17-27(21(3)4)32(28(18-23)22(5)6)40(38,39)36-35-31-12-11-29-26-10-9-24-19-25(37)13-15-33(24,7)30(26)14-16-34(29,31)8;1-6(2,3)8(4,5)7/h14,22-23,25-27,30-31,34-35,42H,15-21,24H2,1-13H3;9,17-18,20-22,25-26,29-30,36-37H,10-16,19H2,1-8H3;1-5H3/b41-36+;35-31+;/t30-,31?,34?,35?,39-,40-;25-,26?,29?,30?,33-,34-;/m00./s1. The molecular weight excluding hydrogens is 1270 g/mol. The summed E-state index contributed by atoms with van der Waals surface area (Å²) >= 11 is 6.15. The molecule has 0 radical (unpaired) electrons. The van der Waals surface area contributed by atoms with Crippen molar-refractivity contribution in [1.29, 1.82) is 0 Å². The molecule has 0 saturated heterocycles. The van der Waals surface area contributed by atoms with Crippen molar-refractivity contribution in [3.63, 3.8) is 0 Å². The van der Waals surface area contributed by atoms with Gasteiger partial charge in [-0.2, -0.15) is 38.1 Å². The highest BCUT2D eigenvalue weighted by atomic mass is 35.6. The summed E-state index contributed by atoms with van der Waals surface area (Å²) in [5, 5.41) is 20.5. The largest absolute Gasteiger partial charge is 0.414 e. The van der Waals surface area contributed by atoms with Gasteiger partial charge in [0, 0.05) is 28.4 Å². The highest BCUT2D eigenvalue weighted by Gasteiger charge is 2.60. The second-order valence-electron chi connectivity index (χ2n) is 37.2. The van der Waals surface area contributed by atoms with E-state index in [0.29, 0.717) is 68.3 Å². The molecule has 0 amide bonds. The first-order valence-corrected chi connectivity index (χ1v) is 47.4. The normalized spacial score (nSPS) is 32.0. The van der Waals surface area contributed by atoms with Crippen molar-refractivity contribution >= 4 is 58.2 Å². The lowest BCUT2D eigenvalue weighted by Gasteiger charge is -2.57. The van der Waals surface area contributed by atoms with E-state index in [9.17, 15) is 21.9 Å². The summed E-state index contributed by atoms with van der Waals surface area (Å²) < 4.78 is 63.2. The van der Waals surface area contributed by atoms with Crippen molar-refractivity contribution in [2.24, 2.45) is 67.4 Å². The molecule has 0 heterocycles. The quantitative estimate of drug-likeness (QED) is 0.0743. The Morgan fingerprint density at radius 1 is 0.505 bits per heavy atom. The number of rotatable bonds is 14. The van der Waals surface area contributed by atoms with E-state index in [2.05, 4.69) is 225 Å². The molecule has 0 spiro atoms. The van der Waals surface area contributed by atoms with Gasteiger partial charge >= 0.3 is 0 Å². The van der Waals surface area contributed by atoms with E-state index in [1.54, 1.807) is 5.57 Å². The Hall–Kier alpha value is -2.60. The highest BCUT2D eigenvalue weighted by molar-refractivity contribution is 7.89. The molecule has 8 aliphatic carbocycles. The SMILES string of the molecule is CC(C)(C)[Si](C)(C)Cl.CC(C)c1cc(C(C)C)c(S(=O)(=O)N/N=C2\CCC3C4CC=C5C[C@@H](O)CC[C@]5(C)C4CC[C@]23C)c(C(C)C)c1.CC(C)c1cc(C(C)C)c(S(=O)(=O)N/N=C2\CCC3C4CC=C5C[C@@H](O[Si](C)(C)C(C)(C)C)CC[C@]5(C)C4CC[C@]23C)c(C(C)C)c1. The Bertz CT molecular complexity index is 3400. The first-order valence-electron chi connectivity index (χ1n) is 37.5. The van der Waals surface area contributed by atoms with Crippen LogP contribution >= 0.6 is 11.1 Å². The summed E-state index contributed by atoms with van der Waals surface area (Å²) in [6.07, 6.45) is 22.2. The van der Waals surface area contributed by atoms with E-state index in [0.717, 1.165) is 124 Å². The monoisotopic (exact) mass is 1400 g/mol. The Balaban J connectivity index is 0.000000220. The van der Waals surface area contributed by atoms with Gasteiger partial charge in [-0.1, -0.05) is 213 Å². The first kappa shape index (κ1) is 78.1. The molecule has 15 heteroatoms. The number of aliphatic hydroxyl groups is 1. The second-order valence-corrected chi connectivity index (χ2v) is 52.4. The molecule has 2 aromatic carbocycles. The third-order valence-electron chi connectivity index (χ3n) is 27.0. The fourth-order valence-corrected chi connectivity index (χ4v) is 23.1. The van der Waals surface area contributed by atoms with Crippen molar-refractivity contribution < 1.29 is 26.4 Å². The van der Waals surface area contributed by atoms with Crippen molar-refractivity contribution in [3.8, 4) is 0 Å². The van der Waals surface area contributed by atoms with Crippen molar-refractivity contribution in [2.45, 2.75) is 349 Å². The average molecular weight is 1400 g/mol. The molecule has 0 bridgehead atoms. The minimum absolute atomic E-state index is 0.0582. The lowest BCUT2D eigenvalue weighted by molar-refractivity contribution is -0.0209. The lowest BCUT2D eigenvalue weighted by Crippen LogP contribution is -2.52. The molecule has 8 aliphatic rings. The van der Waals surface area contributed by atoms with Crippen LogP contribution in [0.5, 0.6) is 0 Å². The van der Waals surface area contributed by atoms with E-state index in [4.69, 9.17) is 25.7 Å². The van der Waals surface area contributed by atoms with Gasteiger partial charge in [0.15, 0.2) is 15.7 Å². The zero-order valence-corrected chi connectivity index (χ0v) is 68.8. The highest BCUT2D eigenvalue weighted by Crippen LogP contribution is 2.66. The molecule has 3 N–H and O–H groups in total. The van der Waals surface area contributed by atoms with Gasteiger partial charge in [-0.3, -0.25) is 0 Å². The number of fused-ring (bicyclic) bond motifs is 10. The zero-order chi connectivity index (χ0) is 71.1. The van der Waals surface area contributed by atoms with E-state index >= 15 is 0 Å². The van der Waals surface area contributed by atoms with E-state index in [-0.39, 0.29) is 56.5 Å². The summed E-state index contributed by atoms with van der Waals surface area (Å²) in [6.45, 7) is 57.8. The number of hydrazone groups is 2. The molecule has 12 atom stereocenters. The van der Waals surface area contributed by atoms with Gasteiger partial charge in [0.05, 0.1) is 15.9 Å². The Kier molecular flexibility index (Phi) is 23.3. The summed E-state index contributed by atoms with van der Waals surface area (Å²) in [6, 6.07) is 8.39. The third-order valence-corrected chi connectivity index (χ3v) is 39.5. The van der Waals surface area contributed by atoms with Crippen molar-refractivity contribution in [3.05, 3.63) is 80.9 Å². The van der Waals surface area contributed by atoms with Crippen LogP contribution in [0.3, 0.4) is 0 Å². The predicted molar refractivity (Wildman–Crippen MR) is 407 cm³/mol. The van der Waals surface area contributed by atoms with Gasteiger partial charge in [-0.25, -0.2) is 9.66 Å². The number of allylic oxidation sites excluding steroid dienone is 2. The summed E-state index contributed by atoms with van der Waals surface area (Å²) in [4.78, 5) is 6.43. The molecular formula is C80H133ClN4O6S2Si2. The Morgan fingerprint density at radius 3 is 1.16 bits per heavy atom. The van der Waals surface area contributed by atoms with Crippen LogP contribution in [0.4, 0.5) is 0 Å². The number of halogens is 1. The maximum atomic E-state index is 14.1. The van der Waals surface area contributed by atoms with Gasteiger partial charge < -0.3 is 9.53 Å². The molecule has 10 rings (SSSR count). The minimum atomic E-state index is -3.84. The van der Waals surface area contributed by atoms with Crippen LogP contribution < -0.4 is 9.66 Å². The smallest absolute Gasteiger partial charge is 0.277 e. The van der Waals surface area contributed by atoms with Crippen LogP contribution in [0, 0.1) is 57.2 Å². The number of nitrogens with one attached hydrogen (secondary N) is 2. The van der Waals surface area contributed by atoms with Crippen LogP contribution in [0.25, 0.3) is 0 Å². The number of sulfonamides is 2. The molecule has 2 aromatic rings. The minimum Gasteiger partial charge on any atom is -0.414 e. The fourth-order valence-electron chi connectivity index (χ4n) is 18.6. The second kappa shape index (κ2) is 28.3. The number of hydrogen-bond donors (Lipinski definition) is 3. The summed E-state index contributed by atoms with van der Waals surface area (Å²) in [5.74, 6) is 4.67. The Labute approximate surface area is 587 Å². The topological polar surface area (TPSA) is 147 Å². The lowest BCUT2D eigenvalue weighted by atomic mass is 9.48. The average Bonchev–Trinajstić information content (AvgIpc) is 1.70. The molecule has 0 aromatic heterocycles. The van der Waals surface area contributed by atoms with Gasteiger partial charge in [0.2, 0.25) is 0 Å². The number of nitrogens with zero attached hydrogens (tertiary/aromatic N) is 2. The predicted octanol–water partition coefficient (Wildman–Crippen LogP) is 22.3. The van der Waals surface area contributed by atoms with Gasteiger partial charge in [0.1, 0.15) is 0 Å². The molecule has 0 aliphatic heterocycles. The fraction of sp³-hybridized carbons (Fsp3) is 0.775. The van der Waals surface area contributed by atoms with Crippen LogP contribution in [0.1, 0.15) is 324 Å². The summed E-state index contributed by atoms with van der Waals surface area (Å²) in [7, 11) is -10.9.